The van der Waals surface area contributed by atoms with Crippen LogP contribution in [-0.4, -0.2) is 17.7 Å². The molecule has 21 heavy (non-hydrogen) atoms. The van der Waals surface area contributed by atoms with Gasteiger partial charge < -0.3 is 4.74 Å². The molecule has 0 atom stereocenters. The highest BCUT2D eigenvalue weighted by atomic mass is 16.6. The van der Waals surface area contributed by atoms with Crippen molar-refractivity contribution in [1.29, 1.82) is 0 Å². The van der Waals surface area contributed by atoms with E-state index in [2.05, 4.69) is 10.5 Å². The fourth-order valence-electron chi connectivity index (χ4n) is 1.72. The van der Waals surface area contributed by atoms with Gasteiger partial charge in [0, 0.05) is 12.1 Å². The van der Waals surface area contributed by atoms with E-state index < -0.39 is 4.92 Å². The highest BCUT2D eigenvalue weighted by Gasteiger charge is 2.04. The first-order chi connectivity index (χ1) is 10.2. The average Bonchev–Trinajstić information content (AvgIpc) is 2.48. The monoisotopic (exact) mass is 285 g/mol. The van der Waals surface area contributed by atoms with Crippen LogP contribution in [0.3, 0.4) is 0 Å². The molecular weight excluding hydrogens is 270 g/mol. The summed E-state index contributed by atoms with van der Waals surface area (Å²) in [7, 11) is 0. The topological polar surface area (TPSA) is 76.8 Å². The molecule has 0 amide bonds. The molecule has 0 aliphatic rings. The number of hydrogen-bond donors (Lipinski definition) is 1. The fourth-order valence-corrected chi connectivity index (χ4v) is 1.72. The molecule has 2 rings (SSSR count). The van der Waals surface area contributed by atoms with Crippen LogP contribution in [0.1, 0.15) is 12.5 Å². The summed E-state index contributed by atoms with van der Waals surface area (Å²) in [6, 6.07) is 13.7. The fraction of sp³-hybridized carbons (Fsp3) is 0.133. The van der Waals surface area contributed by atoms with Crippen molar-refractivity contribution in [3.63, 3.8) is 0 Å². The number of rotatable bonds is 6. The smallest absolute Gasteiger partial charge is 0.271 e. The molecule has 0 heterocycles. The maximum absolute atomic E-state index is 10.7. The number of nitrogens with one attached hydrogen (secondary N) is 1. The molecule has 0 saturated carbocycles. The summed E-state index contributed by atoms with van der Waals surface area (Å²) >= 11 is 0. The number of non-ortho nitro benzene ring substituents is 1. The number of nitro benzene ring substituents is 1. The van der Waals surface area contributed by atoms with E-state index in [1.165, 1.54) is 12.1 Å². The number of ether oxygens (including phenoxy) is 1. The number of nitrogens with zero attached hydrogens (tertiary/aromatic N) is 2. The molecule has 0 aliphatic carbocycles. The van der Waals surface area contributed by atoms with Gasteiger partial charge in [-0.15, -0.1) is 0 Å². The van der Waals surface area contributed by atoms with Crippen molar-refractivity contribution in [3.05, 3.63) is 64.2 Å². The molecule has 0 fully saturated rings. The van der Waals surface area contributed by atoms with E-state index in [9.17, 15) is 10.1 Å². The van der Waals surface area contributed by atoms with Gasteiger partial charge in [0.25, 0.3) is 5.69 Å². The number of hydrogen-bond acceptors (Lipinski definition) is 5. The minimum atomic E-state index is -0.444. The van der Waals surface area contributed by atoms with Gasteiger partial charge in [-0.3, -0.25) is 15.5 Å². The third-order valence-corrected chi connectivity index (χ3v) is 2.63. The molecule has 0 radical (unpaired) electrons. The lowest BCUT2D eigenvalue weighted by atomic mass is 10.2. The lowest BCUT2D eigenvalue weighted by molar-refractivity contribution is -0.384. The van der Waals surface area contributed by atoms with Crippen LogP contribution in [0.15, 0.2) is 53.6 Å². The van der Waals surface area contributed by atoms with E-state index in [0.29, 0.717) is 12.3 Å². The van der Waals surface area contributed by atoms with Crippen molar-refractivity contribution in [2.75, 3.05) is 12.0 Å². The molecule has 6 heteroatoms. The Morgan fingerprint density at radius 3 is 2.86 bits per heavy atom. The summed E-state index contributed by atoms with van der Waals surface area (Å²) in [6.45, 7) is 2.52. The predicted octanol–water partition coefficient (Wildman–Crippen LogP) is 3.44. The first kappa shape index (κ1) is 14.5. The Morgan fingerprint density at radius 1 is 1.29 bits per heavy atom. The van der Waals surface area contributed by atoms with Gasteiger partial charge in [0.2, 0.25) is 0 Å². The Bertz CT molecular complexity index is 656. The molecule has 108 valence electrons. The lowest BCUT2D eigenvalue weighted by Crippen LogP contribution is -1.94. The third kappa shape index (κ3) is 4.31. The molecule has 0 saturated heterocycles. The number of hydrazone groups is 1. The Kier molecular flexibility index (Phi) is 4.87. The molecule has 1 N–H and O–H groups in total. The van der Waals surface area contributed by atoms with Gasteiger partial charge in [-0.2, -0.15) is 5.10 Å². The molecule has 6 nitrogen and oxygen atoms in total. The molecule has 0 bridgehead atoms. The first-order valence-corrected chi connectivity index (χ1v) is 6.45. The van der Waals surface area contributed by atoms with Crippen molar-refractivity contribution < 1.29 is 9.66 Å². The Balaban J connectivity index is 2.03. The Labute approximate surface area is 122 Å². The number of anilines is 1. The molecule has 0 aliphatic heterocycles. The number of benzene rings is 2. The highest BCUT2D eigenvalue weighted by Crippen LogP contribution is 2.17. The van der Waals surface area contributed by atoms with Crippen LogP contribution in [0, 0.1) is 10.1 Å². The lowest BCUT2D eigenvalue weighted by Gasteiger charge is -2.03. The van der Waals surface area contributed by atoms with Crippen molar-refractivity contribution in [1.82, 2.24) is 0 Å². The van der Waals surface area contributed by atoms with E-state index >= 15 is 0 Å². The summed E-state index contributed by atoms with van der Waals surface area (Å²) in [5.74, 6) is 0.775. The van der Waals surface area contributed by atoms with Crippen molar-refractivity contribution in [3.8, 4) is 5.75 Å². The van der Waals surface area contributed by atoms with Crippen molar-refractivity contribution in [2.45, 2.75) is 6.92 Å². The van der Waals surface area contributed by atoms with Crippen LogP contribution in [-0.2, 0) is 0 Å². The van der Waals surface area contributed by atoms with Gasteiger partial charge in [0.1, 0.15) is 5.75 Å². The second kappa shape index (κ2) is 7.04. The van der Waals surface area contributed by atoms with E-state index in [1.54, 1.807) is 18.3 Å². The Morgan fingerprint density at radius 2 is 2.10 bits per heavy atom. The summed E-state index contributed by atoms with van der Waals surface area (Å²) in [4.78, 5) is 10.2. The van der Waals surface area contributed by atoms with E-state index in [4.69, 9.17) is 4.74 Å². The first-order valence-electron chi connectivity index (χ1n) is 6.45. The van der Waals surface area contributed by atoms with E-state index in [1.807, 2.05) is 31.2 Å². The SMILES string of the molecule is CCOc1cccc(C=NNc2cccc([N+](=O)[O-])c2)c1. The predicted molar refractivity (Wildman–Crippen MR) is 81.9 cm³/mol. The van der Waals surface area contributed by atoms with Crippen molar-refractivity contribution >= 4 is 17.6 Å². The highest BCUT2D eigenvalue weighted by molar-refractivity contribution is 5.80. The van der Waals surface area contributed by atoms with Crippen LogP contribution < -0.4 is 10.2 Å². The van der Waals surface area contributed by atoms with Crippen LogP contribution >= 0.6 is 0 Å². The summed E-state index contributed by atoms with van der Waals surface area (Å²) in [6.07, 6.45) is 1.63. The maximum Gasteiger partial charge on any atom is 0.271 e. The molecule has 2 aromatic carbocycles. The van der Waals surface area contributed by atoms with E-state index in [-0.39, 0.29) is 5.69 Å². The van der Waals surface area contributed by atoms with Gasteiger partial charge in [0.15, 0.2) is 0 Å². The minimum Gasteiger partial charge on any atom is -0.494 e. The summed E-state index contributed by atoms with van der Waals surface area (Å²) in [5, 5.41) is 14.7. The Hall–Kier alpha value is -2.89. The molecule has 0 aromatic heterocycles. The van der Waals surface area contributed by atoms with Crippen LogP contribution in [0.4, 0.5) is 11.4 Å². The standard InChI is InChI=1S/C15H15N3O3/c1-2-21-15-8-3-5-12(9-15)11-16-17-13-6-4-7-14(10-13)18(19)20/h3-11,17H,2H2,1H3. The quantitative estimate of drug-likeness (QED) is 0.501. The maximum atomic E-state index is 10.7. The number of nitro groups is 1. The average molecular weight is 285 g/mol. The van der Waals surface area contributed by atoms with Crippen molar-refractivity contribution in [2.24, 2.45) is 5.10 Å². The van der Waals surface area contributed by atoms with Gasteiger partial charge in [-0.1, -0.05) is 18.2 Å². The summed E-state index contributed by atoms with van der Waals surface area (Å²) < 4.78 is 5.40. The van der Waals surface area contributed by atoms with Gasteiger partial charge in [0.05, 0.1) is 23.4 Å². The van der Waals surface area contributed by atoms with E-state index in [0.717, 1.165) is 11.3 Å². The van der Waals surface area contributed by atoms with Gasteiger partial charge in [-0.25, -0.2) is 0 Å². The zero-order valence-corrected chi connectivity index (χ0v) is 11.5. The summed E-state index contributed by atoms with van der Waals surface area (Å²) in [5.41, 5.74) is 4.22. The minimum absolute atomic E-state index is 0.0218. The second-order valence-corrected chi connectivity index (χ2v) is 4.18. The largest absolute Gasteiger partial charge is 0.494 e. The molecular formula is C15H15N3O3. The molecule has 0 spiro atoms. The molecule has 0 unspecified atom stereocenters. The zero-order chi connectivity index (χ0) is 15.1. The van der Waals surface area contributed by atoms with Crippen LogP contribution in [0.2, 0.25) is 0 Å². The second-order valence-electron chi connectivity index (χ2n) is 4.18. The molecule has 2 aromatic rings. The zero-order valence-electron chi connectivity index (χ0n) is 11.5. The third-order valence-electron chi connectivity index (χ3n) is 2.63. The normalized spacial score (nSPS) is 10.5. The van der Waals surface area contributed by atoms with Crippen LogP contribution in [0.25, 0.3) is 0 Å². The van der Waals surface area contributed by atoms with Gasteiger partial charge >= 0.3 is 0 Å². The van der Waals surface area contributed by atoms with Gasteiger partial charge in [-0.05, 0) is 30.7 Å². The van der Waals surface area contributed by atoms with Crippen LogP contribution in [0.5, 0.6) is 5.75 Å².